The van der Waals surface area contributed by atoms with E-state index in [0.717, 1.165) is 37.8 Å². The molecule has 110 valence electrons. The van der Waals surface area contributed by atoms with Crippen LogP contribution in [-0.4, -0.2) is 39.6 Å². The fourth-order valence-electron chi connectivity index (χ4n) is 3.20. The van der Waals surface area contributed by atoms with Gasteiger partial charge in [-0.15, -0.1) is 0 Å². The van der Waals surface area contributed by atoms with Crippen LogP contribution >= 0.6 is 0 Å². The zero-order valence-electron chi connectivity index (χ0n) is 12.6. The normalized spacial score (nSPS) is 29.4. The van der Waals surface area contributed by atoms with Crippen LogP contribution in [0.2, 0.25) is 18.1 Å². The quantitative estimate of drug-likeness (QED) is 0.577. The molecule has 5 heteroatoms. The van der Waals surface area contributed by atoms with Crippen LogP contribution in [0.4, 0.5) is 0 Å². The molecule has 0 aliphatic carbocycles. The highest BCUT2D eigenvalue weighted by Crippen LogP contribution is 2.41. The summed E-state index contributed by atoms with van der Waals surface area (Å²) in [6, 6.07) is 3.43. The summed E-state index contributed by atoms with van der Waals surface area (Å²) >= 11 is 0. The second-order valence-electron chi connectivity index (χ2n) is 5.98. The van der Waals surface area contributed by atoms with Gasteiger partial charge >= 0.3 is 0 Å². The Balaban J connectivity index is 2.08. The molecule has 0 saturated carbocycles. The molecule has 0 aromatic rings. The molecule has 0 aromatic carbocycles. The minimum Gasteiger partial charge on any atom is -0.403 e. The van der Waals surface area contributed by atoms with Gasteiger partial charge in [0.15, 0.2) is 8.32 Å². The molecule has 2 fully saturated rings. The van der Waals surface area contributed by atoms with E-state index in [9.17, 15) is 4.79 Å². The van der Waals surface area contributed by atoms with Gasteiger partial charge in [-0.3, -0.25) is 4.79 Å². The first kappa shape index (κ1) is 15.0. The maximum Gasteiger partial charge on any atom is 0.250 e. The van der Waals surface area contributed by atoms with Crippen molar-refractivity contribution in [1.29, 1.82) is 0 Å². The summed E-state index contributed by atoms with van der Waals surface area (Å²) in [4.78, 5) is 11.9. The minimum absolute atomic E-state index is 0.0805. The van der Waals surface area contributed by atoms with Gasteiger partial charge in [0.2, 0.25) is 5.91 Å². The van der Waals surface area contributed by atoms with Crippen LogP contribution < -0.4 is 5.32 Å². The zero-order chi connectivity index (χ0) is 14.1. The average molecular weight is 285 g/mol. The van der Waals surface area contributed by atoms with E-state index in [1.54, 1.807) is 0 Å². The highest BCUT2D eigenvalue weighted by molar-refractivity contribution is 6.73. The lowest BCUT2D eigenvalue weighted by Crippen LogP contribution is -2.75. The Morgan fingerprint density at radius 2 is 1.84 bits per heavy atom. The summed E-state index contributed by atoms with van der Waals surface area (Å²) < 4.78 is 11.8. The van der Waals surface area contributed by atoms with Crippen molar-refractivity contribution in [1.82, 2.24) is 5.32 Å². The number of hydrogen-bond acceptors (Lipinski definition) is 3. The number of carbonyl (C=O) groups is 1. The van der Waals surface area contributed by atoms with Crippen LogP contribution in [0.15, 0.2) is 0 Å². The van der Waals surface area contributed by atoms with E-state index < -0.39 is 8.32 Å². The van der Waals surface area contributed by atoms with Gasteiger partial charge in [-0.25, -0.2) is 0 Å². The van der Waals surface area contributed by atoms with E-state index in [1.807, 2.05) is 0 Å². The third kappa shape index (κ3) is 2.36. The first-order chi connectivity index (χ1) is 9.06. The number of ether oxygens (including phenoxy) is 1. The smallest absolute Gasteiger partial charge is 0.250 e. The molecule has 2 aliphatic rings. The zero-order valence-corrected chi connectivity index (χ0v) is 13.6. The average Bonchev–Trinajstić information content (AvgIpc) is 2.39. The molecule has 2 saturated heterocycles. The molecule has 1 amide bonds. The number of carbonyl (C=O) groups excluding carboxylic acids is 1. The molecule has 4 nitrogen and oxygen atoms in total. The van der Waals surface area contributed by atoms with Crippen molar-refractivity contribution in [2.45, 2.75) is 64.4 Å². The Hall–Kier alpha value is -0.393. The van der Waals surface area contributed by atoms with Gasteiger partial charge in [0, 0.05) is 5.41 Å². The molecule has 1 N–H and O–H groups in total. The maximum atomic E-state index is 11.9. The van der Waals surface area contributed by atoms with Crippen molar-refractivity contribution in [3.63, 3.8) is 0 Å². The first-order valence-electron chi connectivity index (χ1n) is 7.62. The molecular weight excluding hydrogens is 258 g/mol. The molecule has 2 heterocycles. The van der Waals surface area contributed by atoms with E-state index in [0.29, 0.717) is 0 Å². The molecule has 0 radical (unpaired) electrons. The van der Waals surface area contributed by atoms with Crippen molar-refractivity contribution in [3.8, 4) is 0 Å². The molecule has 2 atom stereocenters. The summed E-state index contributed by atoms with van der Waals surface area (Å²) in [6.45, 7) is 10.3. The fourth-order valence-corrected chi connectivity index (χ4v) is 5.98. The Bertz CT molecular complexity index is 326. The largest absolute Gasteiger partial charge is 0.403 e. The van der Waals surface area contributed by atoms with Gasteiger partial charge in [-0.2, -0.15) is 0 Å². The topological polar surface area (TPSA) is 47.6 Å². The molecule has 0 spiro atoms. The number of amides is 1. The molecule has 2 aliphatic heterocycles. The van der Waals surface area contributed by atoms with Crippen molar-refractivity contribution in [2.24, 2.45) is 5.41 Å². The Kier molecular flexibility index (Phi) is 4.37. The van der Waals surface area contributed by atoms with Crippen LogP contribution in [-0.2, 0) is 14.0 Å². The molecule has 0 bridgehead atoms. The first-order valence-corrected chi connectivity index (χ1v) is 10.1. The second kappa shape index (κ2) is 5.54. The van der Waals surface area contributed by atoms with E-state index >= 15 is 0 Å². The Morgan fingerprint density at radius 3 is 2.16 bits per heavy atom. The number of hydrogen-bond donors (Lipinski definition) is 1. The van der Waals surface area contributed by atoms with Gasteiger partial charge in [0.1, 0.15) is 6.10 Å². The number of β-lactam (4-membered cyclic amide) rings is 1. The third-order valence-corrected chi connectivity index (χ3v) is 9.93. The van der Waals surface area contributed by atoms with E-state index in [4.69, 9.17) is 9.16 Å². The van der Waals surface area contributed by atoms with Crippen molar-refractivity contribution < 1.29 is 14.0 Å². The number of rotatable bonds is 7. The molecule has 2 rings (SSSR count). The maximum absolute atomic E-state index is 11.9. The van der Waals surface area contributed by atoms with Crippen molar-refractivity contribution in [3.05, 3.63) is 0 Å². The lowest BCUT2D eigenvalue weighted by atomic mass is 9.70. The predicted molar refractivity (Wildman–Crippen MR) is 77.5 cm³/mol. The summed E-state index contributed by atoms with van der Waals surface area (Å²) in [6.07, 6.45) is 0.812. The van der Waals surface area contributed by atoms with Crippen LogP contribution in [0.5, 0.6) is 0 Å². The van der Waals surface area contributed by atoms with Gasteiger partial charge in [0.05, 0.1) is 19.3 Å². The lowest BCUT2D eigenvalue weighted by molar-refractivity contribution is -0.182. The van der Waals surface area contributed by atoms with Crippen LogP contribution in [0.25, 0.3) is 0 Å². The monoisotopic (exact) mass is 285 g/mol. The van der Waals surface area contributed by atoms with Crippen LogP contribution in [0.1, 0.15) is 34.1 Å². The van der Waals surface area contributed by atoms with E-state index in [1.165, 1.54) is 0 Å². The summed E-state index contributed by atoms with van der Waals surface area (Å²) in [5, 5.41) is 3.06. The molecule has 0 aromatic heterocycles. The highest BCUT2D eigenvalue weighted by atomic mass is 28.4. The van der Waals surface area contributed by atoms with E-state index in [2.05, 4.69) is 33.0 Å². The molecular formula is C14H27NO3Si. The van der Waals surface area contributed by atoms with Crippen LogP contribution in [0.3, 0.4) is 0 Å². The van der Waals surface area contributed by atoms with Crippen molar-refractivity contribution in [2.75, 3.05) is 13.2 Å². The highest BCUT2D eigenvalue weighted by Gasteiger charge is 2.57. The number of nitrogens with one attached hydrogen (secondary N) is 1. The minimum atomic E-state index is -1.72. The fraction of sp³-hybridized carbons (Fsp3) is 0.929. The SMILES string of the molecule is CCC1([C@H]2NC(=O)[C@H]2O[Si](CC)(CC)CC)COC1. The van der Waals surface area contributed by atoms with Gasteiger partial charge in [-0.05, 0) is 24.6 Å². The summed E-state index contributed by atoms with van der Waals surface area (Å²) in [7, 11) is -1.72. The lowest BCUT2D eigenvalue weighted by Gasteiger charge is -2.55. The van der Waals surface area contributed by atoms with Gasteiger partial charge < -0.3 is 14.5 Å². The summed E-state index contributed by atoms with van der Waals surface area (Å²) in [5.74, 6) is 0.0805. The van der Waals surface area contributed by atoms with Gasteiger partial charge in [0.25, 0.3) is 0 Å². The third-order valence-electron chi connectivity index (χ3n) is 5.31. The standard InChI is InChI=1S/C14H27NO3Si/c1-5-14(9-17-10-14)12-11(13(16)15-12)18-19(6-2,7-3)8-4/h11-12H,5-10H2,1-4H3,(H,15,16)/t11-,12-/m0/s1. The Labute approximate surface area is 117 Å². The van der Waals surface area contributed by atoms with Crippen LogP contribution in [0, 0.1) is 5.41 Å². The Morgan fingerprint density at radius 1 is 1.26 bits per heavy atom. The molecule has 0 unspecified atom stereocenters. The van der Waals surface area contributed by atoms with Crippen molar-refractivity contribution >= 4 is 14.2 Å². The van der Waals surface area contributed by atoms with E-state index in [-0.39, 0.29) is 23.5 Å². The van der Waals surface area contributed by atoms with Gasteiger partial charge in [-0.1, -0.05) is 27.7 Å². The second-order valence-corrected chi connectivity index (χ2v) is 10.7. The summed E-state index contributed by atoms with van der Waals surface area (Å²) in [5.41, 5.74) is 0.119. The molecule has 19 heavy (non-hydrogen) atoms. The predicted octanol–water partition coefficient (Wildman–Crippen LogP) is 2.30.